The summed E-state index contributed by atoms with van der Waals surface area (Å²) >= 11 is 0. The maximum absolute atomic E-state index is 13.9. The van der Waals surface area contributed by atoms with Crippen LogP contribution in [0.4, 0.5) is 10.1 Å². The minimum absolute atomic E-state index is 0.0612. The van der Waals surface area contributed by atoms with E-state index in [9.17, 15) is 22.4 Å². The van der Waals surface area contributed by atoms with Crippen LogP contribution in [0.2, 0.25) is 0 Å². The Morgan fingerprint density at radius 2 is 1.63 bits per heavy atom. The Morgan fingerprint density at radius 1 is 0.976 bits per heavy atom. The van der Waals surface area contributed by atoms with Crippen LogP contribution in [0.5, 0.6) is 5.75 Å². The van der Waals surface area contributed by atoms with Gasteiger partial charge in [0.15, 0.2) is 0 Å². The van der Waals surface area contributed by atoms with Crippen molar-refractivity contribution in [3.8, 4) is 5.75 Å². The topological polar surface area (TPSA) is 96.0 Å². The highest BCUT2D eigenvalue weighted by Crippen LogP contribution is 2.26. The number of halogens is 1. The van der Waals surface area contributed by atoms with Crippen molar-refractivity contribution in [1.29, 1.82) is 0 Å². The van der Waals surface area contributed by atoms with Gasteiger partial charge in [0, 0.05) is 13.1 Å². The number of benzene rings is 3. The predicted octanol–water partition coefficient (Wildman–Crippen LogP) is 5.06. The molecule has 0 saturated carbocycles. The van der Waals surface area contributed by atoms with Gasteiger partial charge in [0.25, 0.3) is 10.0 Å². The Balaban J connectivity index is 2.00. The van der Waals surface area contributed by atoms with Crippen LogP contribution in [0.1, 0.15) is 44.7 Å². The van der Waals surface area contributed by atoms with Gasteiger partial charge in [-0.25, -0.2) is 12.8 Å². The van der Waals surface area contributed by atoms with E-state index in [2.05, 4.69) is 5.32 Å². The molecule has 0 heterocycles. The van der Waals surface area contributed by atoms with Crippen LogP contribution in [0.25, 0.3) is 0 Å². The molecule has 0 bridgehead atoms. The summed E-state index contributed by atoms with van der Waals surface area (Å²) in [6.07, 6.45) is 1.69. The second-order valence-electron chi connectivity index (χ2n) is 9.66. The van der Waals surface area contributed by atoms with E-state index in [1.54, 1.807) is 6.92 Å². The quantitative estimate of drug-likeness (QED) is 0.268. The van der Waals surface area contributed by atoms with Gasteiger partial charge in [0.1, 0.15) is 24.2 Å². The third kappa shape index (κ3) is 8.29. The lowest BCUT2D eigenvalue weighted by Gasteiger charge is -2.32. The van der Waals surface area contributed by atoms with E-state index in [0.717, 1.165) is 40.4 Å². The molecule has 0 aliphatic carbocycles. The zero-order chi connectivity index (χ0) is 30.0. The van der Waals surface area contributed by atoms with E-state index in [-0.39, 0.29) is 23.0 Å². The van der Waals surface area contributed by atoms with Crippen molar-refractivity contribution in [2.75, 3.05) is 24.0 Å². The molecule has 0 aliphatic heterocycles. The summed E-state index contributed by atoms with van der Waals surface area (Å²) in [6.45, 7) is 7.77. The molecule has 0 radical (unpaired) electrons. The van der Waals surface area contributed by atoms with E-state index >= 15 is 0 Å². The molecule has 8 nitrogen and oxygen atoms in total. The number of carbonyl (C=O) groups excluding carboxylic acids is 2. The fourth-order valence-corrected chi connectivity index (χ4v) is 5.64. The third-order valence-corrected chi connectivity index (χ3v) is 8.50. The van der Waals surface area contributed by atoms with E-state index < -0.39 is 34.3 Å². The van der Waals surface area contributed by atoms with Crippen LogP contribution >= 0.6 is 0 Å². The fourth-order valence-electron chi connectivity index (χ4n) is 4.23. The van der Waals surface area contributed by atoms with Gasteiger partial charge < -0.3 is 15.0 Å². The van der Waals surface area contributed by atoms with Gasteiger partial charge in [0.05, 0.1) is 17.2 Å². The molecule has 3 aromatic rings. The SMILES string of the molecule is CCCCNC(=O)[C@H](C)N(Cc1ccccc1C)C(=O)CN(c1ccc(F)cc1)S(=O)(=O)c1ccc(OCC)cc1. The number of unbranched alkanes of at least 4 members (excludes halogenated alkanes) is 1. The minimum Gasteiger partial charge on any atom is -0.494 e. The molecule has 1 atom stereocenters. The van der Waals surface area contributed by atoms with Crippen molar-refractivity contribution in [1.82, 2.24) is 10.2 Å². The summed E-state index contributed by atoms with van der Waals surface area (Å²) in [5.41, 5.74) is 1.88. The average molecular weight is 584 g/mol. The van der Waals surface area contributed by atoms with Gasteiger partial charge in [0.2, 0.25) is 11.8 Å². The van der Waals surface area contributed by atoms with E-state index in [0.29, 0.717) is 18.9 Å². The molecule has 0 saturated heterocycles. The van der Waals surface area contributed by atoms with Crippen molar-refractivity contribution in [2.24, 2.45) is 0 Å². The highest BCUT2D eigenvalue weighted by molar-refractivity contribution is 7.92. The summed E-state index contributed by atoms with van der Waals surface area (Å²) in [5, 5.41) is 2.86. The standard InChI is InChI=1S/C31H38FN3O5S/c1-5-7-20-33-31(37)24(4)34(21-25-11-9-8-10-23(25)3)30(36)22-35(27-14-12-26(32)13-15-27)41(38,39)29-18-16-28(17-19-29)40-6-2/h8-19,24H,5-7,20-22H2,1-4H3,(H,33,37)/t24-/m0/s1. The maximum Gasteiger partial charge on any atom is 0.264 e. The lowest BCUT2D eigenvalue weighted by atomic mass is 10.1. The number of nitrogens with one attached hydrogen (secondary N) is 1. The van der Waals surface area contributed by atoms with Gasteiger partial charge in [-0.1, -0.05) is 37.6 Å². The molecule has 0 fully saturated rings. The van der Waals surface area contributed by atoms with Crippen molar-refractivity contribution in [2.45, 2.75) is 58.0 Å². The zero-order valence-electron chi connectivity index (χ0n) is 24.0. The van der Waals surface area contributed by atoms with Gasteiger partial charge in [-0.05, 0) is 86.8 Å². The smallest absolute Gasteiger partial charge is 0.264 e. The number of hydrogen-bond donors (Lipinski definition) is 1. The summed E-state index contributed by atoms with van der Waals surface area (Å²) in [4.78, 5) is 28.3. The van der Waals surface area contributed by atoms with Crippen molar-refractivity contribution >= 4 is 27.5 Å². The lowest BCUT2D eigenvalue weighted by Crippen LogP contribution is -2.51. The predicted molar refractivity (Wildman–Crippen MR) is 158 cm³/mol. The molecule has 3 aromatic carbocycles. The second-order valence-corrected chi connectivity index (χ2v) is 11.5. The molecular formula is C31H38FN3O5S. The minimum atomic E-state index is -4.26. The molecule has 0 unspecified atom stereocenters. The number of rotatable bonds is 14. The van der Waals surface area contributed by atoms with Crippen LogP contribution in [-0.4, -0.2) is 50.9 Å². The van der Waals surface area contributed by atoms with Crippen LogP contribution in [-0.2, 0) is 26.2 Å². The lowest BCUT2D eigenvalue weighted by molar-refractivity contribution is -0.139. The highest BCUT2D eigenvalue weighted by atomic mass is 32.2. The largest absolute Gasteiger partial charge is 0.494 e. The Hall–Kier alpha value is -3.92. The van der Waals surface area contributed by atoms with Gasteiger partial charge in [-0.3, -0.25) is 13.9 Å². The maximum atomic E-state index is 13.9. The van der Waals surface area contributed by atoms with Crippen molar-refractivity contribution in [3.05, 3.63) is 89.7 Å². The zero-order valence-corrected chi connectivity index (χ0v) is 24.8. The molecular weight excluding hydrogens is 545 g/mol. The number of hydrogen-bond acceptors (Lipinski definition) is 5. The Bertz CT molecular complexity index is 1410. The summed E-state index contributed by atoms with van der Waals surface area (Å²) in [5.74, 6) is -0.950. The molecule has 220 valence electrons. The van der Waals surface area contributed by atoms with Gasteiger partial charge >= 0.3 is 0 Å². The Morgan fingerprint density at radius 3 is 2.24 bits per heavy atom. The fraction of sp³-hybridized carbons (Fsp3) is 0.355. The van der Waals surface area contributed by atoms with Crippen molar-refractivity contribution < 1.29 is 27.1 Å². The van der Waals surface area contributed by atoms with Crippen LogP contribution in [0.3, 0.4) is 0 Å². The number of nitrogens with zero attached hydrogens (tertiary/aromatic N) is 2. The van der Waals surface area contributed by atoms with E-state index in [4.69, 9.17) is 4.74 Å². The third-order valence-electron chi connectivity index (χ3n) is 6.72. The first-order valence-electron chi connectivity index (χ1n) is 13.7. The molecule has 1 N–H and O–H groups in total. The summed E-state index contributed by atoms with van der Waals surface area (Å²) in [6, 6.07) is 17.4. The normalized spacial score (nSPS) is 11.9. The monoisotopic (exact) mass is 583 g/mol. The first-order chi connectivity index (χ1) is 19.6. The molecule has 3 rings (SSSR count). The number of aryl methyl sites for hydroxylation is 1. The van der Waals surface area contributed by atoms with Crippen LogP contribution in [0.15, 0.2) is 77.7 Å². The van der Waals surface area contributed by atoms with Crippen molar-refractivity contribution in [3.63, 3.8) is 0 Å². The Labute approximate surface area is 242 Å². The summed E-state index contributed by atoms with van der Waals surface area (Å²) < 4.78 is 47.9. The van der Waals surface area contributed by atoms with Gasteiger partial charge in [-0.2, -0.15) is 0 Å². The number of carbonyl (C=O) groups is 2. The Kier molecular flexibility index (Phi) is 11.3. The van der Waals surface area contributed by atoms with E-state index in [1.165, 1.54) is 41.3 Å². The first kappa shape index (κ1) is 31.6. The number of anilines is 1. The number of sulfonamides is 1. The molecule has 2 amide bonds. The number of amides is 2. The highest BCUT2D eigenvalue weighted by Gasteiger charge is 2.32. The molecule has 10 heteroatoms. The van der Waals surface area contributed by atoms with Gasteiger partial charge in [-0.15, -0.1) is 0 Å². The molecule has 0 aromatic heterocycles. The number of ether oxygens (including phenoxy) is 1. The molecule has 41 heavy (non-hydrogen) atoms. The molecule has 0 aliphatic rings. The average Bonchev–Trinajstić information content (AvgIpc) is 2.96. The summed E-state index contributed by atoms with van der Waals surface area (Å²) in [7, 11) is -4.26. The van der Waals surface area contributed by atoms with E-state index in [1.807, 2.05) is 45.0 Å². The van der Waals surface area contributed by atoms with Crippen LogP contribution < -0.4 is 14.4 Å². The first-order valence-corrected chi connectivity index (χ1v) is 15.1. The molecule has 0 spiro atoms. The van der Waals surface area contributed by atoms with Crippen LogP contribution in [0, 0.1) is 12.7 Å². The second kappa shape index (κ2) is 14.6.